The average molecular weight is 401 g/mol. The minimum absolute atomic E-state index is 0.646. The quantitative estimate of drug-likeness (QED) is 0.400. The Labute approximate surface area is 179 Å². The molecule has 0 radical (unpaired) electrons. The summed E-state index contributed by atoms with van der Waals surface area (Å²) in [7, 11) is 0. The first-order chi connectivity index (χ1) is 13.6. The van der Waals surface area contributed by atoms with Crippen molar-refractivity contribution in [1.82, 2.24) is 0 Å². The summed E-state index contributed by atoms with van der Waals surface area (Å²) in [5.41, 5.74) is 2.67. The third-order valence-electron chi connectivity index (χ3n) is 7.66. The predicted molar refractivity (Wildman–Crippen MR) is 124 cm³/mol. The lowest BCUT2D eigenvalue weighted by Gasteiger charge is -2.34. The second kappa shape index (κ2) is 10.9. The molecule has 1 atom stereocenters. The molecular formula is C27H41Cl. The number of hydrogen-bond donors (Lipinski definition) is 0. The van der Waals surface area contributed by atoms with E-state index >= 15 is 0 Å². The molecule has 156 valence electrons. The van der Waals surface area contributed by atoms with Crippen LogP contribution in [0.5, 0.6) is 0 Å². The summed E-state index contributed by atoms with van der Waals surface area (Å²) >= 11 is 6.65. The van der Waals surface area contributed by atoms with E-state index < -0.39 is 0 Å². The maximum Gasteiger partial charge on any atom is 0.0443 e. The first-order valence-electron chi connectivity index (χ1n) is 12.0. The molecule has 0 aliphatic heterocycles. The van der Waals surface area contributed by atoms with Crippen LogP contribution in [-0.2, 0) is 0 Å². The number of halogens is 1. The molecule has 0 saturated heterocycles. The SMILES string of the molecule is CCCC(c1ccc(C)cc1Cl)C1CCC(C=CC2CCC(CC)CC2)CC1. The van der Waals surface area contributed by atoms with Gasteiger partial charge in [0.05, 0.1) is 0 Å². The summed E-state index contributed by atoms with van der Waals surface area (Å²) in [6.07, 6.45) is 20.3. The highest BCUT2D eigenvalue weighted by Crippen LogP contribution is 2.43. The highest BCUT2D eigenvalue weighted by molar-refractivity contribution is 6.31. The molecule has 1 unspecified atom stereocenters. The highest BCUT2D eigenvalue weighted by atomic mass is 35.5. The molecule has 1 aromatic rings. The topological polar surface area (TPSA) is 0 Å². The lowest BCUT2D eigenvalue weighted by atomic mass is 9.71. The molecule has 0 heterocycles. The number of hydrogen-bond acceptors (Lipinski definition) is 0. The van der Waals surface area contributed by atoms with Crippen LogP contribution in [0.4, 0.5) is 0 Å². The Kier molecular flexibility index (Phi) is 8.52. The molecule has 1 aromatic carbocycles. The van der Waals surface area contributed by atoms with E-state index in [2.05, 4.69) is 51.1 Å². The summed E-state index contributed by atoms with van der Waals surface area (Å²) in [5, 5.41) is 0.989. The molecule has 0 spiro atoms. The second-order valence-corrected chi connectivity index (χ2v) is 10.1. The van der Waals surface area contributed by atoms with Gasteiger partial charge in [-0.1, -0.05) is 62.6 Å². The maximum absolute atomic E-state index is 6.65. The monoisotopic (exact) mass is 400 g/mol. The molecule has 28 heavy (non-hydrogen) atoms. The van der Waals surface area contributed by atoms with Gasteiger partial charge in [-0.05, 0) is 111 Å². The normalized spacial score (nSPS) is 29.9. The number of allylic oxidation sites excluding steroid dienone is 2. The Bertz CT molecular complexity index is 615. The standard InChI is InChI=1S/C27H41Cl/c1-4-6-25(26-18-7-20(3)19-27(26)28)24-16-14-23(15-17-24)13-12-22-10-8-21(5-2)9-11-22/h7,12-13,18-19,21-25H,4-6,8-11,14-17H2,1-3H3. The summed E-state index contributed by atoms with van der Waals surface area (Å²) in [6, 6.07) is 6.70. The van der Waals surface area contributed by atoms with Gasteiger partial charge in [-0.2, -0.15) is 0 Å². The third-order valence-corrected chi connectivity index (χ3v) is 7.99. The minimum atomic E-state index is 0.646. The van der Waals surface area contributed by atoms with Crippen molar-refractivity contribution in [3.63, 3.8) is 0 Å². The van der Waals surface area contributed by atoms with Crippen LogP contribution in [-0.4, -0.2) is 0 Å². The van der Waals surface area contributed by atoms with E-state index in [0.29, 0.717) is 5.92 Å². The van der Waals surface area contributed by atoms with Gasteiger partial charge in [0.1, 0.15) is 0 Å². The fourth-order valence-electron chi connectivity index (χ4n) is 5.73. The van der Waals surface area contributed by atoms with E-state index in [9.17, 15) is 0 Å². The fraction of sp³-hybridized carbons (Fsp3) is 0.704. The molecule has 3 rings (SSSR count). The van der Waals surface area contributed by atoms with E-state index in [0.717, 1.165) is 28.7 Å². The van der Waals surface area contributed by atoms with Crippen LogP contribution in [0.1, 0.15) is 102 Å². The number of aryl methyl sites for hydroxylation is 1. The van der Waals surface area contributed by atoms with Crippen molar-refractivity contribution in [1.29, 1.82) is 0 Å². The number of rotatable bonds is 7. The van der Waals surface area contributed by atoms with Crippen LogP contribution in [0.3, 0.4) is 0 Å². The molecule has 0 aromatic heterocycles. The Hall–Kier alpha value is -0.750. The molecule has 0 bridgehead atoms. The Morgan fingerprint density at radius 2 is 1.54 bits per heavy atom. The van der Waals surface area contributed by atoms with Crippen LogP contribution in [0, 0.1) is 30.6 Å². The van der Waals surface area contributed by atoms with Gasteiger partial charge in [0, 0.05) is 5.02 Å². The van der Waals surface area contributed by atoms with Gasteiger partial charge in [0.25, 0.3) is 0 Å². The van der Waals surface area contributed by atoms with Gasteiger partial charge < -0.3 is 0 Å². The van der Waals surface area contributed by atoms with Crippen LogP contribution in [0.25, 0.3) is 0 Å². The van der Waals surface area contributed by atoms with Gasteiger partial charge in [-0.25, -0.2) is 0 Å². The lowest BCUT2D eigenvalue weighted by Crippen LogP contribution is -2.20. The molecular weight excluding hydrogens is 360 g/mol. The largest absolute Gasteiger partial charge is 0.0851 e. The molecule has 2 saturated carbocycles. The third kappa shape index (κ3) is 5.88. The molecule has 2 fully saturated rings. The molecule has 0 N–H and O–H groups in total. The summed E-state index contributed by atoms with van der Waals surface area (Å²) in [6.45, 7) is 6.81. The minimum Gasteiger partial charge on any atom is -0.0851 e. The van der Waals surface area contributed by atoms with Gasteiger partial charge >= 0.3 is 0 Å². The zero-order chi connectivity index (χ0) is 19.9. The summed E-state index contributed by atoms with van der Waals surface area (Å²) in [4.78, 5) is 0. The Balaban J connectivity index is 1.53. The number of benzene rings is 1. The zero-order valence-corrected chi connectivity index (χ0v) is 19.2. The molecule has 1 heteroatoms. The van der Waals surface area contributed by atoms with Crippen molar-refractivity contribution in [3.8, 4) is 0 Å². The average Bonchev–Trinajstić information content (AvgIpc) is 2.72. The summed E-state index contributed by atoms with van der Waals surface area (Å²) < 4.78 is 0. The summed E-state index contributed by atoms with van der Waals surface area (Å²) in [5.74, 6) is 4.14. The molecule has 0 amide bonds. The van der Waals surface area contributed by atoms with E-state index in [-0.39, 0.29) is 0 Å². The van der Waals surface area contributed by atoms with Crippen molar-refractivity contribution in [2.24, 2.45) is 23.7 Å². The van der Waals surface area contributed by atoms with Gasteiger partial charge in [0.2, 0.25) is 0 Å². The van der Waals surface area contributed by atoms with Crippen LogP contribution >= 0.6 is 11.6 Å². The van der Waals surface area contributed by atoms with Crippen molar-refractivity contribution < 1.29 is 0 Å². The van der Waals surface area contributed by atoms with E-state index in [1.165, 1.54) is 81.8 Å². The first-order valence-corrected chi connectivity index (χ1v) is 12.4. The van der Waals surface area contributed by atoms with Crippen LogP contribution in [0.15, 0.2) is 30.4 Å². The Morgan fingerprint density at radius 3 is 2.07 bits per heavy atom. The van der Waals surface area contributed by atoms with E-state index in [1.807, 2.05) is 0 Å². The van der Waals surface area contributed by atoms with Crippen molar-refractivity contribution in [3.05, 3.63) is 46.5 Å². The first kappa shape index (κ1) is 21.9. The zero-order valence-electron chi connectivity index (χ0n) is 18.4. The van der Waals surface area contributed by atoms with Crippen LogP contribution < -0.4 is 0 Å². The Morgan fingerprint density at radius 1 is 0.929 bits per heavy atom. The molecule has 2 aliphatic carbocycles. The fourth-order valence-corrected chi connectivity index (χ4v) is 6.11. The highest BCUT2D eigenvalue weighted by Gasteiger charge is 2.28. The van der Waals surface area contributed by atoms with Crippen molar-refractivity contribution >= 4 is 11.6 Å². The lowest BCUT2D eigenvalue weighted by molar-refractivity contribution is 0.258. The maximum atomic E-state index is 6.65. The van der Waals surface area contributed by atoms with Gasteiger partial charge in [-0.15, -0.1) is 0 Å². The predicted octanol–water partition coefficient (Wildman–Crippen LogP) is 9.11. The van der Waals surface area contributed by atoms with Gasteiger partial charge in [-0.3, -0.25) is 0 Å². The smallest absolute Gasteiger partial charge is 0.0443 e. The van der Waals surface area contributed by atoms with Crippen molar-refractivity contribution in [2.45, 2.75) is 97.3 Å². The van der Waals surface area contributed by atoms with Crippen LogP contribution in [0.2, 0.25) is 5.02 Å². The van der Waals surface area contributed by atoms with E-state index in [1.54, 1.807) is 0 Å². The molecule has 0 nitrogen and oxygen atoms in total. The van der Waals surface area contributed by atoms with Gasteiger partial charge in [0.15, 0.2) is 0 Å². The van der Waals surface area contributed by atoms with E-state index in [4.69, 9.17) is 11.6 Å². The van der Waals surface area contributed by atoms with Crippen molar-refractivity contribution in [2.75, 3.05) is 0 Å². The molecule has 2 aliphatic rings. The second-order valence-electron chi connectivity index (χ2n) is 9.67.